The molecule has 1 rings (SSSR count). The zero-order chi connectivity index (χ0) is 9.84. The molecule has 0 saturated heterocycles. The first-order valence-corrected chi connectivity index (χ1v) is 4.69. The molecule has 0 aliphatic rings. The largest absolute Gasteiger partial charge is 0.458 e. The van der Waals surface area contributed by atoms with E-state index in [-0.39, 0.29) is 5.78 Å². The normalized spacial score (nSPS) is 10.8. The highest BCUT2D eigenvalue weighted by Gasteiger charge is 2.06. The first-order valence-electron chi connectivity index (χ1n) is 4.69. The minimum Gasteiger partial charge on any atom is -0.458 e. The lowest BCUT2D eigenvalue weighted by atomic mass is 10.1. The molecule has 13 heavy (non-hydrogen) atoms. The number of hydrogen-bond donors (Lipinski definition) is 0. The Balaban J connectivity index is 2.54. The van der Waals surface area contributed by atoms with Gasteiger partial charge in [0.1, 0.15) is 5.76 Å². The van der Waals surface area contributed by atoms with E-state index in [0.717, 1.165) is 18.6 Å². The number of carbonyl (C=O) groups excluding carboxylic acids is 1. The highest BCUT2D eigenvalue weighted by atomic mass is 16.3. The van der Waals surface area contributed by atoms with Crippen molar-refractivity contribution in [3.05, 3.63) is 23.7 Å². The van der Waals surface area contributed by atoms with Crippen LogP contribution in [0.5, 0.6) is 0 Å². The molecule has 0 amide bonds. The van der Waals surface area contributed by atoms with Gasteiger partial charge >= 0.3 is 0 Å². The Morgan fingerprint density at radius 2 is 2.15 bits per heavy atom. The molecule has 0 spiro atoms. The summed E-state index contributed by atoms with van der Waals surface area (Å²) in [7, 11) is 0. The van der Waals surface area contributed by atoms with Crippen LogP contribution in [0.2, 0.25) is 0 Å². The molecule has 1 heterocycles. The van der Waals surface area contributed by atoms with Crippen molar-refractivity contribution >= 4 is 5.78 Å². The van der Waals surface area contributed by atoms with Crippen molar-refractivity contribution in [2.45, 2.75) is 33.6 Å². The third-order valence-corrected chi connectivity index (χ3v) is 1.98. The van der Waals surface area contributed by atoms with Crippen molar-refractivity contribution in [2.75, 3.05) is 0 Å². The molecule has 0 radical (unpaired) electrons. The van der Waals surface area contributed by atoms with Crippen LogP contribution in [-0.2, 0) is 6.42 Å². The van der Waals surface area contributed by atoms with Crippen LogP contribution >= 0.6 is 0 Å². The summed E-state index contributed by atoms with van der Waals surface area (Å²) in [6.45, 7) is 5.87. The molecule has 0 unspecified atom stereocenters. The monoisotopic (exact) mass is 180 g/mol. The summed E-state index contributed by atoms with van der Waals surface area (Å²) in [5.74, 6) is 2.05. The number of rotatable bonds is 4. The van der Waals surface area contributed by atoms with Crippen molar-refractivity contribution in [3.8, 4) is 0 Å². The van der Waals surface area contributed by atoms with Crippen molar-refractivity contribution < 1.29 is 9.21 Å². The molecule has 0 saturated carbocycles. The lowest BCUT2D eigenvalue weighted by Crippen LogP contribution is -1.91. The Hall–Kier alpha value is -1.05. The Morgan fingerprint density at radius 1 is 1.46 bits per heavy atom. The fourth-order valence-corrected chi connectivity index (χ4v) is 1.13. The molecule has 0 atom stereocenters. The van der Waals surface area contributed by atoms with Gasteiger partial charge in [0, 0.05) is 13.3 Å². The van der Waals surface area contributed by atoms with Gasteiger partial charge in [0.2, 0.25) is 0 Å². The highest BCUT2D eigenvalue weighted by Crippen LogP contribution is 2.13. The lowest BCUT2D eigenvalue weighted by Gasteiger charge is -2.00. The molecule has 1 aromatic heterocycles. The molecule has 72 valence electrons. The summed E-state index contributed by atoms with van der Waals surface area (Å²) in [4.78, 5) is 10.9. The number of carbonyl (C=O) groups is 1. The van der Waals surface area contributed by atoms with Crippen LogP contribution in [0.25, 0.3) is 0 Å². The van der Waals surface area contributed by atoms with Gasteiger partial charge in [-0.2, -0.15) is 0 Å². The van der Waals surface area contributed by atoms with E-state index < -0.39 is 0 Å². The molecule has 0 bridgehead atoms. The summed E-state index contributed by atoms with van der Waals surface area (Å²) in [5, 5.41) is 0. The maximum atomic E-state index is 10.9. The summed E-state index contributed by atoms with van der Waals surface area (Å²) in [6.07, 6.45) is 2.02. The van der Waals surface area contributed by atoms with Crippen LogP contribution in [0.1, 0.15) is 43.5 Å². The molecule has 2 heteroatoms. The van der Waals surface area contributed by atoms with Gasteiger partial charge in [-0.05, 0) is 24.5 Å². The number of aryl methyl sites for hydroxylation is 1. The number of Topliss-reactive ketones (excluding diaryl/α,β-unsaturated/α-hetero) is 1. The van der Waals surface area contributed by atoms with E-state index >= 15 is 0 Å². The Labute approximate surface area is 78.9 Å². The SMILES string of the molecule is CC(=O)c1ccc(CCC(C)C)o1. The van der Waals surface area contributed by atoms with E-state index in [1.165, 1.54) is 6.92 Å². The molecule has 0 N–H and O–H groups in total. The summed E-state index contributed by atoms with van der Waals surface area (Å²) in [5.41, 5.74) is 0. The first kappa shape index (κ1) is 10.0. The fourth-order valence-electron chi connectivity index (χ4n) is 1.13. The fraction of sp³-hybridized carbons (Fsp3) is 0.545. The topological polar surface area (TPSA) is 30.2 Å². The second-order valence-corrected chi connectivity index (χ2v) is 3.75. The quantitative estimate of drug-likeness (QED) is 0.666. The Morgan fingerprint density at radius 3 is 2.62 bits per heavy atom. The molecular weight excluding hydrogens is 164 g/mol. The summed E-state index contributed by atoms with van der Waals surface area (Å²) >= 11 is 0. The van der Waals surface area contributed by atoms with Crippen LogP contribution in [-0.4, -0.2) is 5.78 Å². The van der Waals surface area contributed by atoms with Gasteiger partial charge in [-0.1, -0.05) is 13.8 Å². The standard InChI is InChI=1S/C11H16O2/c1-8(2)4-5-10-6-7-11(13-10)9(3)12/h6-8H,4-5H2,1-3H3. The van der Waals surface area contributed by atoms with E-state index in [9.17, 15) is 4.79 Å². The van der Waals surface area contributed by atoms with Crippen molar-refractivity contribution in [3.63, 3.8) is 0 Å². The van der Waals surface area contributed by atoms with Gasteiger partial charge in [0.05, 0.1) is 0 Å². The third kappa shape index (κ3) is 3.05. The maximum absolute atomic E-state index is 10.9. The molecule has 0 aromatic carbocycles. The zero-order valence-corrected chi connectivity index (χ0v) is 8.46. The minimum atomic E-state index is -0.00389. The van der Waals surface area contributed by atoms with E-state index in [1.807, 2.05) is 6.07 Å². The Bertz CT molecular complexity index is 284. The van der Waals surface area contributed by atoms with Gasteiger partial charge in [-0.15, -0.1) is 0 Å². The van der Waals surface area contributed by atoms with E-state index in [4.69, 9.17) is 4.42 Å². The molecule has 0 fully saturated rings. The van der Waals surface area contributed by atoms with Crippen molar-refractivity contribution in [1.82, 2.24) is 0 Å². The third-order valence-electron chi connectivity index (χ3n) is 1.98. The van der Waals surface area contributed by atoms with Gasteiger partial charge < -0.3 is 4.42 Å². The van der Waals surface area contributed by atoms with Gasteiger partial charge in [0.25, 0.3) is 0 Å². The van der Waals surface area contributed by atoms with E-state index in [0.29, 0.717) is 11.7 Å². The molecule has 2 nitrogen and oxygen atoms in total. The van der Waals surface area contributed by atoms with Crippen LogP contribution < -0.4 is 0 Å². The van der Waals surface area contributed by atoms with Crippen LogP contribution in [0.4, 0.5) is 0 Å². The van der Waals surface area contributed by atoms with E-state index in [1.54, 1.807) is 6.07 Å². The molecular formula is C11H16O2. The lowest BCUT2D eigenvalue weighted by molar-refractivity contribution is 0.0985. The second-order valence-electron chi connectivity index (χ2n) is 3.75. The smallest absolute Gasteiger partial charge is 0.194 e. The van der Waals surface area contributed by atoms with Gasteiger partial charge in [0.15, 0.2) is 11.5 Å². The molecule has 0 aliphatic carbocycles. The predicted molar refractivity (Wildman–Crippen MR) is 51.9 cm³/mol. The molecule has 0 aliphatic heterocycles. The average molecular weight is 180 g/mol. The average Bonchev–Trinajstić information content (AvgIpc) is 2.48. The van der Waals surface area contributed by atoms with Crippen molar-refractivity contribution in [1.29, 1.82) is 0 Å². The van der Waals surface area contributed by atoms with Gasteiger partial charge in [-0.3, -0.25) is 4.79 Å². The van der Waals surface area contributed by atoms with Crippen LogP contribution in [0.15, 0.2) is 16.5 Å². The Kier molecular flexibility index (Phi) is 3.29. The number of hydrogen-bond acceptors (Lipinski definition) is 2. The number of furan rings is 1. The zero-order valence-electron chi connectivity index (χ0n) is 8.46. The summed E-state index contributed by atoms with van der Waals surface area (Å²) < 4.78 is 5.35. The highest BCUT2D eigenvalue weighted by molar-refractivity contribution is 5.91. The maximum Gasteiger partial charge on any atom is 0.194 e. The van der Waals surface area contributed by atoms with E-state index in [2.05, 4.69) is 13.8 Å². The van der Waals surface area contributed by atoms with Crippen LogP contribution in [0.3, 0.4) is 0 Å². The van der Waals surface area contributed by atoms with Gasteiger partial charge in [-0.25, -0.2) is 0 Å². The summed E-state index contributed by atoms with van der Waals surface area (Å²) in [6, 6.07) is 3.64. The minimum absolute atomic E-state index is 0.00389. The second kappa shape index (κ2) is 4.26. The first-order chi connectivity index (χ1) is 6.09. The van der Waals surface area contributed by atoms with Crippen molar-refractivity contribution in [2.24, 2.45) is 5.92 Å². The predicted octanol–water partition coefficient (Wildman–Crippen LogP) is 3.07. The van der Waals surface area contributed by atoms with Crippen LogP contribution in [0, 0.1) is 5.92 Å². The molecule has 1 aromatic rings. The number of ketones is 1.